The van der Waals surface area contributed by atoms with Gasteiger partial charge in [-0.2, -0.15) is 0 Å². The van der Waals surface area contributed by atoms with Crippen molar-refractivity contribution in [2.45, 2.75) is 84.7 Å². The lowest BCUT2D eigenvalue weighted by atomic mass is 9.96. The number of rotatable bonds is 11. The summed E-state index contributed by atoms with van der Waals surface area (Å²) in [6.07, 6.45) is 6.71. The molecule has 0 aromatic heterocycles. The van der Waals surface area contributed by atoms with Gasteiger partial charge in [-0.1, -0.05) is 89.3 Å². The minimum Gasteiger partial charge on any atom is -0.344 e. The van der Waals surface area contributed by atoms with Gasteiger partial charge >= 0.3 is 0 Å². The van der Waals surface area contributed by atoms with Gasteiger partial charge < -0.3 is 15.1 Å². The van der Waals surface area contributed by atoms with Crippen molar-refractivity contribution in [3.63, 3.8) is 0 Å². The van der Waals surface area contributed by atoms with Crippen LogP contribution in [0.1, 0.15) is 83.0 Å². The molecule has 0 saturated carbocycles. The number of hydrogen-bond acceptors (Lipinski definition) is 3. The number of nitrogens with one attached hydrogen (secondary N) is 1. The molecule has 1 N–H and O–H groups in total. The zero-order valence-corrected chi connectivity index (χ0v) is 22.5. The van der Waals surface area contributed by atoms with Crippen LogP contribution in [0, 0.1) is 5.92 Å². The topological polar surface area (TPSA) is 69.7 Å². The molecule has 0 bridgehead atoms. The third-order valence-electron chi connectivity index (χ3n) is 7.52. The maximum Gasteiger partial charge on any atom is 0.254 e. The van der Waals surface area contributed by atoms with Gasteiger partial charge in [-0.05, 0) is 36.1 Å². The second kappa shape index (κ2) is 13.4. The van der Waals surface area contributed by atoms with Crippen LogP contribution >= 0.6 is 0 Å². The zero-order valence-electron chi connectivity index (χ0n) is 22.5. The molecule has 0 radical (unpaired) electrons. The normalized spacial score (nSPS) is 17.6. The molecule has 0 aliphatic carbocycles. The first-order chi connectivity index (χ1) is 17.4. The molecule has 3 unspecified atom stereocenters. The first-order valence-corrected chi connectivity index (χ1v) is 13.7. The molecular formula is C30H43N3O3. The Morgan fingerprint density at radius 3 is 2.42 bits per heavy atom. The molecule has 3 rings (SSSR count). The van der Waals surface area contributed by atoms with Crippen molar-refractivity contribution in [3.05, 3.63) is 48.0 Å². The van der Waals surface area contributed by atoms with Gasteiger partial charge in [0.2, 0.25) is 11.8 Å². The van der Waals surface area contributed by atoms with Crippen LogP contribution in [-0.2, 0) is 9.59 Å². The van der Waals surface area contributed by atoms with E-state index in [1.165, 1.54) is 12.8 Å². The Kier molecular flexibility index (Phi) is 10.3. The second-order valence-corrected chi connectivity index (χ2v) is 10.3. The predicted octanol–water partition coefficient (Wildman–Crippen LogP) is 5.40. The Morgan fingerprint density at radius 2 is 1.69 bits per heavy atom. The molecule has 1 aliphatic rings. The number of benzene rings is 2. The van der Waals surface area contributed by atoms with E-state index in [2.05, 4.69) is 12.2 Å². The lowest BCUT2D eigenvalue weighted by Crippen LogP contribution is -2.60. The van der Waals surface area contributed by atoms with E-state index < -0.39 is 6.04 Å². The number of nitrogens with zero attached hydrogens (tertiary/aromatic N) is 2. The van der Waals surface area contributed by atoms with Gasteiger partial charge in [-0.3, -0.25) is 14.4 Å². The van der Waals surface area contributed by atoms with Gasteiger partial charge in [0.05, 0.1) is 0 Å². The van der Waals surface area contributed by atoms with E-state index in [1.54, 1.807) is 0 Å². The maximum absolute atomic E-state index is 13.5. The van der Waals surface area contributed by atoms with Crippen molar-refractivity contribution >= 4 is 28.5 Å². The highest BCUT2D eigenvalue weighted by molar-refractivity contribution is 6.07. The fourth-order valence-corrected chi connectivity index (χ4v) is 5.04. The highest BCUT2D eigenvalue weighted by atomic mass is 16.2. The molecule has 6 nitrogen and oxygen atoms in total. The summed E-state index contributed by atoms with van der Waals surface area (Å²) < 4.78 is 0. The zero-order chi connectivity index (χ0) is 26.1. The van der Waals surface area contributed by atoms with Crippen molar-refractivity contribution in [3.8, 4) is 0 Å². The van der Waals surface area contributed by atoms with Crippen LogP contribution in [0.4, 0.5) is 0 Å². The number of amides is 3. The Labute approximate surface area is 216 Å². The molecule has 1 aliphatic heterocycles. The summed E-state index contributed by atoms with van der Waals surface area (Å²) >= 11 is 0. The highest BCUT2D eigenvalue weighted by Gasteiger charge is 2.35. The lowest BCUT2D eigenvalue weighted by Gasteiger charge is -2.41. The fourth-order valence-electron chi connectivity index (χ4n) is 5.04. The Morgan fingerprint density at radius 1 is 0.972 bits per heavy atom. The molecule has 3 atom stereocenters. The van der Waals surface area contributed by atoms with Gasteiger partial charge in [-0.15, -0.1) is 0 Å². The molecule has 196 valence electrons. The number of carbonyl (C=O) groups excluding carboxylic acids is 3. The number of piperazine rings is 1. The van der Waals surface area contributed by atoms with E-state index >= 15 is 0 Å². The first kappa shape index (κ1) is 27.7. The predicted molar refractivity (Wildman–Crippen MR) is 146 cm³/mol. The monoisotopic (exact) mass is 493 g/mol. The van der Waals surface area contributed by atoms with Crippen molar-refractivity contribution in [2.24, 2.45) is 5.92 Å². The third kappa shape index (κ3) is 6.86. The van der Waals surface area contributed by atoms with Crippen molar-refractivity contribution in [2.75, 3.05) is 19.6 Å². The van der Waals surface area contributed by atoms with E-state index in [4.69, 9.17) is 0 Å². The van der Waals surface area contributed by atoms with Crippen LogP contribution in [0.25, 0.3) is 10.8 Å². The largest absolute Gasteiger partial charge is 0.344 e. The molecule has 1 heterocycles. The molecule has 2 aromatic carbocycles. The summed E-state index contributed by atoms with van der Waals surface area (Å²) in [4.78, 5) is 43.3. The minimum absolute atomic E-state index is 0.00116. The van der Waals surface area contributed by atoms with Crippen LogP contribution in [-0.4, -0.2) is 59.2 Å². The molecule has 6 heteroatoms. The smallest absolute Gasteiger partial charge is 0.254 e. The van der Waals surface area contributed by atoms with E-state index in [0.717, 1.165) is 36.5 Å². The fraction of sp³-hybridized carbons (Fsp3) is 0.567. The lowest BCUT2D eigenvalue weighted by molar-refractivity contribution is -0.140. The SMILES string of the molecule is CCCCCCCC(=O)NC(C(=O)N1CCN(C(=O)c2cccc3ccccc23)C(C)C1)C(C)CC. The second-order valence-electron chi connectivity index (χ2n) is 10.3. The number of carbonyl (C=O) groups is 3. The molecule has 0 spiro atoms. The average molecular weight is 494 g/mol. The van der Waals surface area contributed by atoms with Crippen LogP contribution < -0.4 is 5.32 Å². The molecule has 36 heavy (non-hydrogen) atoms. The van der Waals surface area contributed by atoms with Gasteiger partial charge in [0, 0.05) is 37.7 Å². The van der Waals surface area contributed by atoms with Crippen LogP contribution in [0.2, 0.25) is 0 Å². The molecular weight excluding hydrogens is 450 g/mol. The number of fused-ring (bicyclic) bond motifs is 1. The van der Waals surface area contributed by atoms with E-state index in [-0.39, 0.29) is 29.7 Å². The van der Waals surface area contributed by atoms with E-state index in [9.17, 15) is 14.4 Å². The number of unbranched alkanes of at least 4 members (excludes halogenated alkanes) is 4. The molecule has 2 aromatic rings. The van der Waals surface area contributed by atoms with Crippen LogP contribution in [0.5, 0.6) is 0 Å². The number of hydrogen-bond donors (Lipinski definition) is 1. The van der Waals surface area contributed by atoms with E-state index in [0.29, 0.717) is 31.6 Å². The third-order valence-corrected chi connectivity index (χ3v) is 7.52. The van der Waals surface area contributed by atoms with Gasteiger partial charge in [0.1, 0.15) is 6.04 Å². The molecule has 3 amide bonds. The van der Waals surface area contributed by atoms with Gasteiger partial charge in [-0.25, -0.2) is 0 Å². The average Bonchev–Trinajstić information content (AvgIpc) is 2.90. The highest BCUT2D eigenvalue weighted by Crippen LogP contribution is 2.23. The Hall–Kier alpha value is -2.89. The summed E-state index contributed by atoms with van der Waals surface area (Å²) in [5.74, 6) is -0.0239. The van der Waals surface area contributed by atoms with Crippen LogP contribution in [0.15, 0.2) is 42.5 Å². The summed E-state index contributed by atoms with van der Waals surface area (Å²) in [5, 5.41) is 5.03. The van der Waals surface area contributed by atoms with Crippen molar-refractivity contribution in [1.29, 1.82) is 0 Å². The van der Waals surface area contributed by atoms with Crippen molar-refractivity contribution in [1.82, 2.24) is 15.1 Å². The Balaban J connectivity index is 1.62. The quantitative estimate of drug-likeness (QED) is 0.426. The summed E-state index contributed by atoms with van der Waals surface area (Å²) in [7, 11) is 0. The molecule has 1 saturated heterocycles. The molecule has 1 fully saturated rings. The summed E-state index contributed by atoms with van der Waals surface area (Å²) in [5.41, 5.74) is 0.698. The van der Waals surface area contributed by atoms with Gasteiger partial charge in [0.25, 0.3) is 5.91 Å². The standard InChI is InChI=1S/C30H43N3O3/c1-5-7-8-9-10-18-27(34)31-28(22(3)6-2)30(36)32-19-20-33(23(4)21-32)29(35)26-17-13-15-24-14-11-12-16-25(24)26/h11-17,22-23,28H,5-10,18-21H2,1-4H3,(H,31,34). The first-order valence-electron chi connectivity index (χ1n) is 13.7. The van der Waals surface area contributed by atoms with Crippen molar-refractivity contribution < 1.29 is 14.4 Å². The van der Waals surface area contributed by atoms with E-state index in [1.807, 2.05) is 73.0 Å². The summed E-state index contributed by atoms with van der Waals surface area (Å²) in [6.45, 7) is 9.66. The Bertz CT molecular complexity index is 1030. The summed E-state index contributed by atoms with van der Waals surface area (Å²) in [6, 6.07) is 13.1. The minimum atomic E-state index is -0.523. The van der Waals surface area contributed by atoms with Crippen LogP contribution in [0.3, 0.4) is 0 Å². The maximum atomic E-state index is 13.5. The van der Waals surface area contributed by atoms with Gasteiger partial charge in [0.15, 0.2) is 0 Å².